The van der Waals surface area contributed by atoms with Gasteiger partial charge in [-0.15, -0.1) is 5.54 Å². The van der Waals surface area contributed by atoms with Crippen molar-refractivity contribution in [3.63, 3.8) is 0 Å². The molecule has 29 heavy (non-hydrogen) atoms. The highest BCUT2D eigenvalue weighted by molar-refractivity contribution is 6.99. The van der Waals surface area contributed by atoms with E-state index in [4.69, 9.17) is 4.43 Å². The number of benzene rings is 2. The van der Waals surface area contributed by atoms with E-state index in [0.29, 0.717) is 5.57 Å². The lowest BCUT2D eigenvalue weighted by atomic mass is 10.2. The molecule has 0 aliphatic rings. The molecule has 0 amide bonds. The van der Waals surface area contributed by atoms with Crippen LogP contribution in [0.25, 0.3) is 0 Å². The highest BCUT2D eigenvalue weighted by atomic mass is 28.4. The molecule has 0 fully saturated rings. The van der Waals surface area contributed by atoms with Crippen LogP contribution in [0.2, 0.25) is 24.7 Å². The third-order valence-electron chi connectivity index (χ3n) is 4.73. The van der Waals surface area contributed by atoms with E-state index in [1.807, 2.05) is 12.1 Å². The van der Waals surface area contributed by atoms with Crippen LogP contribution in [0.1, 0.15) is 20.8 Å². The van der Waals surface area contributed by atoms with Gasteiger partial charge in [0.2, 0.25) is 0 Å². The zero-order valence-electron chi connectivity index (χ0n) is 18.5. The minimum Gasteiger partial charge on any atom is -0.403 e. The largest absolute Gasteiger partial charge is 0.403 e. The number of hydrogen-bond donors (Lipinski definition) is 0. The Morgan fingerprint density at radius 2 is 1.41 bits per heavy atom. The maximum Gasteiger partial charge on any atom is 0.261 e. The van der Waals surface area contributed by atoms with Crippen LogP contribution in [-0.4, -0.2) is 29.3 Å². The summed E-state index contributed by atoms with van der Waals surface area (Å²) in [6.45, 7) is 13.5. The molecule has 0 bridgehead atoms. The fraction of sp³-hybridized carbons (Fsp3) is 0.320. The molecule has 152 valence electrons. The fourth-order valence-electron chi connectivity index (χ4n) is 3.41. The number of carbonyl (C=O) groups is 1. The second kappa shape index (κ2) is 9.53. The van der Waals surface area contributed by atoms with Gasteiger partial charge in [0, 0.05) is 5.57 Å². The average molecular weight is 421 g/mol. The van der Waals surface area contributed by atoms with Crippen molar-refractivity contribution >= 4 is 33.1 Å². The fourth-order valence-corrected chi connectivity index (χ4v) is 8.45. The lowest BCUT2D eigenvalue weighted by Crippen LogP contribution is -2.66. The molecule has 0 unspecified atom stereocenters. The first kappa shape index (κ1) is 23.1. The van der Waals surface area contributed by atoms with Crippen molar-refractivity contribution in [3.05, 3.63) is 72.3 Å². The summed E-state index contributed by atoms with van der Waals surface area (Å²) in [7, 11) is -4.13. The summed E-state index contributed by atoms with van der Waals surface area (Å²) in [4.78, 5) is 11.7. The average Bonchev–Trinajstić information content (AvgIpc) is 2.66. The molecule has 0 saturated heterocycles. The van der Waals surface area contributed by atoms with Crippen molar-refractivity contribution in [2.45, 2.75) is 45.5 Å². The maximum atomic E-state index is 11.7. The third kappa shape index (κ3) is 5.89. The first-order valence-corrected chi connectivity index (χ1v) is 15.4. The van der Waals surface area contributed by atoms with E-state index in [1.165, 1.54) is 10.4 Å². The normalized spacial score (nSPS) is 12.8. The second-order valence-corrected chi connectivity index (χ2v) is 18.4. The van der Waals surface area contributed by atoms with E-state index >= 15 is 0 Å². The van der Waals surface area contributed by atoms with Gasteiger partial charge in [-0.25, -0.2) is 0 Å². The molecular formula is C25H32O2Si2. The van der Waals surface area contributed by atoms with Gasteiger partial charge in [0.1, 0.15) is 14.4 Å². The van der Waals surface area contributed by atoms with Crippen molar-refractivity contribution in [3.8, 4) is 11.5 Å². The highest BCUT2D eigenvalue weighted by Crippen LogP contribution is 2.36. The van der Waals surface area contributed by atoms with Crippen LogP contribution in [0.3, 0.4) is 0 Å². The van der Waals surface area contributed by atoms with Gasteiger partial charge in [-0.3, -0.25) is 4.79 Å². The molecule has 2 aromatic carbocycles. The number of hydrogen-bond acceptors (Lipinski definition) is 2. The molecule has 0 atom stereocenters. The van der Waals surface area contributed by atoms with Crippen LogP contribution in [-0.2, 0) is 9.22 Å². The summed E-state index contributed by atoms with van der Waals surface area (Å²) in [6.07, 6.45) is 2.60. The van der Waals surface area contributed by atoms with Crippen molar-refractivity contribution < 1.29 is 9.22 Å². The molecule has 0 saturated carbocycles. The van der Waals surface area contributed by atoms with E-state index < -0.39 is 16.4 Å². The smallest absolute Gasteiger partial charge is 0.261 e. The lowest BCUT2D eigenvalue weighted by molar-refractivity contribution is -0.105. The molecule has 0 aliphatic carbocycles. The molecule has 2 aromatic rings. The van der Waals surface area contributed by atoms with Crippen LogP contribution in [0, 0.1) is 11.5 Å². The predicted octanol–water partition coefficient (Wildman–Crippen LogP) is 4.57. The molecular weight excluding hydrogens is 388 g/mol. The van der Waals surface area contributed by atoms with Crippen LogP contribution >= 0.6 is 0 Å². The Labute approximate surface area is 178 Å². The molecule has 0 N–H and O–H groups in total. The standard InChI is InChI=1S/C25H32O2Si2/c1-25(2,3)29(23-15-9-7-10-16-23,24-17-11-8-12-18-24)27-21-22(20-26)14-13-19-28(4,5)6/h7-12,14-18,20H,21H2,1-6H3/b22-14+. The monoisotopic (exact) mass is 420 g/mol. The minimum atomic E-state index is -2.64. The van der Waals surface area contributed by atoms with Gasteiger partial charge in [0.05, 0.1) is 6.61 Å². The summed E-state index contributed by atoms with van der Waals surface area (Å²) in [5.41, 5.74) is 3.87. The van der Waals surface area contributed by atoms with Crippen molar-refractivity contribution in [1.82, 2.24) is 0 Å². The van der Waals surface area contributed by atoms with Crippen LogP contribution in [0.5, 0.6) is 0 Å². The van der Waals surface area contributed by atoms with Crippen LogP contribution in [0.15, 0.2) is 72.3 Å². The molecule has 2 nitrogen and oxygen atoms in total. The van der Waals surface area contributed by atoms with E-state index in [2.05, 4.69) is 100 Å². The molecule has 2 rings (SSSR count). The maximum absolute atomic E-state index is 11.7. The Hall–Kier alpha value is -2.20. The third-order valence-corrected chi connectivity index (χ3v) is 10.6. The molecule has 0 aliphatic heterocycles. The van der Waals surface area contributed by atoms with Crippen LogP contribution < -0.4 is 10.4 Å². The quantitative estimate of drug-likeness (QED) is 0.296. The zero-order chi connectivity index (χ0) is 21.5. The number of allylic oxidation sites excluding steroid dienone is 1. The predicted molar refractivity (Wildman–Crippen MR) is 129 cm³/mol. The Kier molecular flexibility index (Phi) is 7.59. The van der Waals surface area contributed by atoms with E-state index in [9.17, 15) is 4.79 Å². The van der Waals surface area contributed by atoms with Crippen LogP contribution in [0.4, 0.5) is 0 Å². The van der Waals surface area contributed by atoms with Crippen molar-refractivity contribution in [2.75, 3.05) is 6.61 Å². The Bertz CT molecular complexity index is 854. The summed E-state index contributed by atoms with van der Waals surface area (Å²) in [5.74, 6) is 3.08. The topological polar surface area (TPSA) is 26.3 Å². The molecule has 0 heterocycles. The van der Waals surface area contributed by atoms with E-state index in [-0.39, 0.29) is 11.6 Å². The van der Waals surface area contributed by atoms with Gasteiger partial charge in [-0.1, -0.05) is 107 Å². The van der Waals surface area contributed by atoms with Gasteiger partial charge >= 0.3 is 0 Å². The number of rotatable bonds is 6. The van der Waals surface area contributed by atoms with E-state index in [1.54, 1.807) is 6.08 Å². The van der Waals surface area contributed by atoms with Gasteiger partial charge in [0.25, 0.3) is 8.32 Å². The van der Waals surface area contributed by atoms with Gasteiger partial charge in [-0.2, -0.15) is 0 Å². The number of aldehydes is 1. The Morgan fingerprint density at radius 1 is 0.931 bits per heavy atom. The first-order chi connectivity index (χ1) is 13.6. The summed E-state index contributed by atoms with van der Waals surface area (Å²) < 4.78 is 6.78. The molecule has 4 heteroatoms. The summed E-state index contributed by atoms with van der Waals surface area (Å²) in [5, 5.41) is 2.29. The Morgan fingerprint density at radius 3 is 1.79 bits per heavy atom. The van der Waals surface area contributed by atoms with E-state index in [0.717, 1.165) is 6.29 Å². The lowest BCUT2D eigenvalue weighted by Gasteiger charge is -2.43. The number of carbonyl (C=O) groups excluding carboxylic acids is 1. The molecule has 0 spiro atoms. The first-order valence-electron chi connectivity index (χ1n) is 10.0. The summed E-state index contributed by atoms with van der Waals surface area (Å²) in [6, 6.07) is 20.9. The Balaban J connectivity index is 2.52. The molecule has 0 radical (unpaired) electrons. The molecule has 0 aromatic heterocycles. The van der Waals surface area contributed by atoms with Crippen molar-refractivity contribution in [1.29, 1.82) is 0 Å². The zero-order valence-corrected chi connectivity index (χ0v) is 20.5. The summed E-state index contributed by atoms with van der Waals surface area (Å²) >= 11 is 0. The SMILES string of the molecule is CC(C)(C)[Si](OC/C(C=O)=C/C#C[Si](C)(C)C)(c1ccccc1)c1ccccc1. The van der Waals surface area contributed by atoms with Gasteiger partial charge in [-0.05, 0) is 21.5 Å². The van der Waals surface area contributed by atoms with Crippen molar-refractivity contribution in [2.24, 2.45) is 0 Å². The highest BCUT2D eigenvalue weighted by Gasteiger charge is 2.50. The second-order valence-electron chi connectivity index (χ2n) is 9.31. The minimum absolute atomic E-state index is 0.117. The van der Waals surface area contributed by atoms with Gasteiger partial charge < -0.3 is 4.43 Å². The van der Waals surface area contributed by atoms with Gasteiger partial charge in [0.15, 0.2) is 0 Å².